The Labute approximate surface area is 169 Å². The van der Waals surface area contributed by atoms with Gasteiger partial charge >= 0.3 is 12.3 Å². The smallest absolute Gasteiger partial charge is 0.416 e. The first-order chi connectivity index (χ1) is 13.4. The van der Waals surface area contributed by atoms with Crippen LogP contribution in [0.15, 0.2) is 24.3 Å². The maximum absolute atomic E-state index is 12.8. The van der Waals surface area contributed by atoms with Crippen LogP contribution in [0.1, 0.15) is 38.3 Å². The van der Waals surface area contributed by atoms with Crippen molar-refractivity contribution < 1.29 is 27.5 Å². The van der Waals surface area contributed by atoms with Gasteiger partial charge in [0, 0.05) is 45.7 Å². The molecule has 0 aliphatic carbocycles. The summed E-state index contributed by atoms with van der Waals surface area (Å²) in [7, 11) is 0. The molecule has 6 nitrogen and oxygen atoms in total. The third kappa shape index (κ3) is 7.92. The number of carbonyl (C=O) groups is 2. The fourth-order valence-corrected chi connectivity index (χ4v) is 3.00. The first-order valence-corrected chi connectivity index (χ1v) is 9.57. The molecule has 9 heteroatoms. The minimum atomic E-state index is -4.35. The Morgan fingerprint density at radius 2 is 1.76 bits per heavy atom. The zero-order chi connectivity index (χ0) is 21.7. The van der Waals surface area contributed by atoms with Gasteiger partial charge in [0.15, 0.2) is 0 Å². The van der Waals surface area contributed by atoms with Gasteiger partial charge in [-0.05, 0) is 32.4 Å². The number of hydrogen-bond donors (Lipinski definition) is 1. The van der Waals surface area contributed by atoms with E-state index in [4.69, 9.17) is 4.74 Å². The van der Waals surface area contributed by atoms with E-state index in [0.717, 1.165) is 6.07 Å². The molecule has 2 rings (SSSR count). The van der Waals surface area contributed by atoms with Crippen molar-refractivity contribution in [2.24, 2.45) is 0 Å². The molecule has 1 saturated heterocycles. The molecule has 162 valence electrons. The number of nitrogens with zero attached hydrogens (tertiary/aromatic N) is 2. The number of hydrogen-bond acceptors (Lipinski definition) is 4. The van der Waals surface area contributed by atoms with Crippen LogP contribution in [-0.2, 0) is 22.3 Å². The molecule has 0 unspecified atom stereocenters. The normalized spacial score (nSPS) is 15.9. The van der Waals surface area contributed by atoms with Crippen molar-refractivity contribution >= 4 is 12.0 Å². The largest absolute Gasteiger partial charge is 0.444 e. The van der Waals surface area contributed by atoms with E-state index < -0.39 is 23.4 Å². The Hall–Kier alpha value is -2.29. The van der Waals surface area contributed by atoms with E-state index in [1.54, 1.807) is 31.7 Å². The van der Waals surface area contributed by atoms with Crippen LogP contribution in [0.5, 0.6) is 0 Å². The molecule has 29 heavy (non-hydrogen) atoms. The number of carbonyl (C=O) groups excluding carboxylic acids is 2. The van der Waals surface area contributed by atoms with Gasteiger partial charge in [-0.2, -0.15) is 13.2 Å². The second kappa shape index (κ2) is 9.47. The molecule has 1 N–H and O–H groups in total. The van der Waals surface area contributed by atoms with Crippen LogP contribution in [-0.4, -0.2) is 60.1 Å². The van der Waals surface area contributed by atoms with Crippen molar-refractivity contribution in [3.05, 3.63) is 35.4 Å². The summed E-state index contributed by atoms with van der Waals surface area (Å²) in [6.45, 7) is 8.06. The number of rotatable bonds is 5. The summed E-state index contributed by atoms with van der Waals surface area (Å²) in [5.74, 6) is -0.0697. The number of alkyl halides is 3. The lowest BCUT2D eigenvalue weighted by molar-refractivity contribution is -0.137. The lowest BCUT2D eigenvalue weighted by Crippen LogP contribution is -2.48. The molecule has 1 aliphatic heterocycles. The Morgan fingerprint density at radius 3 is 2.34 bits per heavy atom. The SMILES string of the molecule is CC(C)(C)OC(=O)NCCC(=O)N1CCN(Cc2cccc(C(F)(F)F)c2)CC1. The molecule has 0 aromatic heterocycles. The van der Waals surface area contributed by atoms with E-state index in [1.807, 2.05) is 4.90 Å². The van der Waals surface area contributed by atoms with E-state index in [2.05, 4.69) is 5.32 Å². The first kappa shape index (κ1) is 23.0. The van der Waals surface area contributed by atoms with Gasteiger partial charge in [-0.15, -0.1) is 0 Å². The minimum Gasteiger partial charge on any atom is -0.444 e. The van der Waals surface area contributed by atoms with Gasteiger partial charge in [0.05, 0.1) is 5.56 Å². The third-order valence-corrected chi connectivity index (χ3v) is 4.39. The summed E-state index contributed by atoms with van der Waals surface area (Å²) in [6, 6.07) is 5.32. The van der Waals surface area contributed by atoms with Gasteiger partial charge in [-0.1, -0.05) is 18.2 Å². The van der Waals surface area contributed by atoms with Crippen LogP contribution in [0.3, 0.4) is 0 Å². The molecule has 0 radical (unpaired) electrons. The fraction of sp³-hybridized carbons (Fsp3) is 0.600. The number of benzene rings is 1. The van der Waals surface area contributed by atoms with Gasteiger partial charge < -0.3 is 15.0 Å². The Bertz CT molecular complexity index is 709. The van der Waals surface area contributed by atoms with Gasteiger partial charge in [-0.25, -0.2) is 4.79 Å². The molecule has 1 fully saturated rings. The summed E-state index contributed by atoms with van der Waals surface area (Å²) >= 11 is 0. The van der Waals surface area contributed by atoms with Gasteiger partial charge in [0.1, 0.15) is 5.60 Å². The van der Waals surface area contributed by atoms with Crippen molar-refractivity contribution in [3.8, 4) is 0 Å². The zero-order valence-corrected chi connectivity index (χ0v) is 17.0. The third-order valence-electron chi connectivity index (χ3n) is 4.39. The van der Waals surface area contributed by atoms with Gasteiger partial charge in [0.2, 0.25) is 5.91 Å². The van der Waals surface area contributed by atoms with E-state index in [-0.39, 0.29) is 18.9 Å². The number of ether oxygens (including phenoxy) is 1. The molecule has 0 atom stereocenters. The molecular weight excluding hydrogens is 387 g/mol. The topological polar surface area (TPSA) is 61.9 Å². The summed E-state index contributed by atoms with van der Waals surface area (Å²) in [5.41, 5.74) is -0.646. The lowest BCUT2D eigenvalue weighted by atomic mass is 10.1. The van der Waals surface area contributed by atoms with Crippen molar-refractivity contribution in [1.29, 1.82) is 0 Å². The molecule has 0 saturated carbocycles. The average molecular weight is 415 g/mol. The number of piperazine rings is 1. The summed E-state index contributed by atoms with van der Waals surface area (Å²) in [5, 5.41) is 2.56. The summed E-state index contributed by atoms with van der Waals surface area (Å²) < 4.78 is 43.6. The number of nitrogens with one attached hydrogen (secondary N) is 1. The van der Waals surface area contributed by atoms with E-state index in [0.29, 0.717) is 38.3 Å². The molecule has 1 aromatic rings. The highest BCUT2D eigenvalue weighted by Crippen LogP contribution is 2.29. The quantitative estimate of drug-likeness (QED) is 0.802. The second-order valence-corrected chi connectivity index (χ2v) is 8.03. The molecule has 0 spiro atoms. The lowest BCUT2D eigenvalue weighted by Gasteiger charge is -2.35. The van der Waals surface area contributed by atoms with E-state index >= 15 is 0 Å². The van der Waals surface area contributed by atoms with Crippen LogP contribution in [0, 0.1) is 0 Å². The average Bonchev–Trinajstić information content (AvgIpc) is 2.60. The summed E-state index contributed by atoms with van der Waals surface area (Å²) in [4.78, 5) is 27.6. The Kier molecular flexibility index (Phi) is 7.51. The molecular formula is C20H28F3N3O3. The van der Waals surface area contributed by atoms with Crippen molar-refractivity contribution in [3.63, 3.8) is 0 Å². The highest BCUT2D eigenvalue weighted by Gasteiger charge is 2.30. The monoisotopic (exact) mass is 415 g/mol. The molecule has 0 bridgehead atoms. The summed E-state index contributed by atoms with van der Waals surface area (Å²) in [6.07, 6.45) is -4.74. The predicted octanol–water partition coefficient (Wildman–Crippen LogP) is 3.26. The fourth-order valence-electron chi connectivity index (χ4n) is 3.00. The van der Waals surface area contributed by atoms with Crippen molar-refractivity contribution in [2.75, 3.05) is 32.7 Å². The Balaban J connectivity index is 1.73. The highest BCUT2D eigenvalue weighted by atomic mass is 19.4. The maximum atomic E-state index is 12.8. The zero-order valence-electron chi connectivity index (χ0n) is 17.0. The Morgan fingerprint density at radius 1 is 1.10 bits per heavy atom. The number of halogens is 3. The molecule has 1 aromatic carbocycles. The van der Waals surface area contributed by atoms with Crippen LogP contribution >= 0.6 is 0 Å². The minimum absolute atomic E-state index is 0.0697. The second-order valence-electron chi connectivity index (χ2n) is 8.03. The van der Waals surface area contributed by atoms with Gasteiger partial charge in [0.25, 0.3) is 0 Å². The number of alkyl carbamates (subject to hydrolysis) is 1. The van der Waals surface area contributed by atoms with Crippen LogP contribution < -0.4 is 5.32 Å². The van der Waals surface area contributed by atoms with Crippen LogP contribution in [0.4, 0.5) is 18.0 Å². The molecule has 1 heterocycles. The van der Waals surface area contributed by atoms with Gasteiger partial charge in [-0.3, -0.25) is 9.69 Å². The van der Waals surface area contributed by atoms with Crippen LogP contribution in [0.25, 0.3) is 0 Å². The maximum Gasteiger partial charge on any atom is 0.416 e. The molecule has 2 amide bonds. The van der Waals surface area contributed by atoms with Crippen molar-refractivity contribution in [1.82, 2.24) is 15.1 Å². The van der Waals surface area contributed by atoms with E-state index in [1.165, 1.54) is 12.1 Å². The van der Waals surface area contributed by atoms with Crippen molar-refractivity contribution in [2.45, 2.75) is 45.5 Å². The predicted molar refractivity (Wildman–Crippen MR) is 102 cm³/mol. The van der Waals surface area contributed by atoms with E-state index in [9.17, 15) is 22.8 Å². The molecule has 1 aliphatic rings. The standard InChI is InChI=1S/C20H28F3N3O3/c1-19(2,3)29-18(28)24-8-7-17(27)26-11-9-25(10-12-26)14-15-5-4-6-16(13-15)20(21,22)23/h4-6,13H,7-12,14H2,1-3H3,(H,24,28). The first-order valence-electron chi connectivity index (χ1n) is 9.57. The number of amides is 2. The van der Waals surface area contributed by atoms with Crippen LogP contribution in [0.2, 0.25) is 0 Å². The highest BCUT2D eigenvalue weighted by molar-refractivity contribution is 5.77.